The molecule has 1 N–H and O–H groups in total. The molecule has 0 radical (unpaired) electrons. The summed E-state index contributed by atoms with van der Waals surface area (Å²) in [6, 6.07) is 5.96. The maximum absolute atomic E-state index is 14.2. The second-order valence-corrected chi connectivity index (χ2v) is 16.5. The monoisotopic (exact) mass is 897 g/mol. The zero-order valence-electron chi connectivity index (χ0n) is 23.9. The third-order valence-corrected chi connectivity index (χ3v) is 15.3. The number of anilines is 1. The van der Waals surface area contributed by atoms with Gasteiger partial charge in [-0.05, 0) is 107 Å². The van der Waals surface area contributed by atoms with Crippen molar-refractivity contribution in [2.24, 2.45) is 0 Å². The summed E-state index contributed by atoms with van der Waals surface area (Å²) in [5.41, 5.74) is 4.61. The molecule has 46 heavy (non-hydrogen) atoms. The van der Waals surface area contributed by atoms with Crippen LogP contribution in [0.4, 0.5) is 5.69 Å². The van der Waals surface area contributed by atoms with Gasteiger partial charge >= 0.3 is 5.63 Å². The Morgan fingerprint density at radius 3 is 2.30 bits per heavy atom. The molecule has 0 fully saturated rings. The topological polar surface area (TPSA) is 100 Å². The lowest BCUT2D eigenvalue weighted by atomic mass is 9.87. The second-order valence-electron chi connectivity index (χ2n) is 11.9. The van der Waals surface area contributed by atoms with Crippen molar-refractivity contribution >= 4 is 96.1 Å². The fourth-order valence-electron chi connectivity index (χ4n) is 7.47. The van der Waals surface area contributed by atoms with E-state index in [9.17, 15) is 17.8 Å². The van der Waals surface area contributed by atoms with Crippen LogP contribution in [0.1, 0.15) is 54.5 Å². The zero-order chi connectivity index (χ0) is 31.5. The van der Waals surface area contributed by atoms with Crippen molar-refractivity contribution in [3.8, 4) is 11.5 Å². The summed E-state index contributed by atoms with van der Waals surface area (Å²) in [6.07, 6.45) is 5.42. The molecule has 1 aromatic heterocycles. The Hall–Kier alpha value is -2.03. The van der Waals surface area contributed by atoms with Gasteiger partial charge in [-0.1, -0.05) is 7.43 Å². The predicted molar refractivity (Wildman–Crippen MR) is 193 cm³/mol. The summed E-state index contributed by atoms with van der Waals surface area (Å²) in [4.78, 5) is 16.0. The Bertz CT molecular complexity index is 2350. The second kappa shape index (κ2) is 11.5. The number of benzene rings is 3. The zero-order valence-corrected chi connectivity index (χ0v) is 31.1. The van der Waals surface area contributed by atoms with Crippen LogP contribution in [0.15, 0.2) is 50.2 Å². The third-order valence-electron chi connectivity index (χ3n) is 9.34. The van der Waals surface area contributed by atoms with E-state index in [0.29, 0.717) is 46.7 Å². The van der Waals surface area contributed by atoms with Crippen LogP contribution in [-0.2, 0) is 29.4 Å². The van der Waals surface area contributed by atoms with Crippen molar-refractivity contribution in [1.29, 1.82) is 0 Å². The molecule has 3 aromatic carbocycles. The summed E-state index contributed by atoms with van der Waals surface area (Å²) in [5.74, 6) is 0.931. The van der Waals surface area contributed by atoms with Gasteiger partial charge in [-0.15, -0.1) is 0 Å². The van der Waals surface area contributed by atoms with Crippen LogP contribution in [0.2, 0.25) is 0 Å². The molecule has 0 spiro atoms. The molecule has 13 heteroatoms. The summed E-state index contributed by atoms with van der Waals surface area (Å²) in [7, 11) is -2.80. The summed E-state index contributed by atoms with van der Waals surface area (Å²) in [6.45, 7) is 2.83. The van der Waals surface area contributed by atoms with Crippen molar-refractivity contribution in [2.75, 3.05) is 31.6 Å². The summed E-state index contributed by atoms with van der Waals surface area (Å²) >= 11 is 14.1. The lowest BCUT2D eigenvalue weighted by Crippen LogP contribution is -2.45. The maximum Gasteiger partial charge on any atom is 0.348 e. The molecule has 8 rings (SSSR count). The highest BCUT2D eigenvalue weighted by atomic mass is 79.9. The minimum absolute atomic E-state index is 0. The molecule has 4 aliphatic heterocycles. The Labute approximate surface area is 299 Å². The van der Waals surface area contributed by atoms with Gasteiger partial charge in [0.25, 0.3) is 10.1 Å². The van der Waals surface area contributed by atoms with Crippen LogP contribution < -0.4 is 30.4 Å². The Morgan fingerprint density at radius 1 is 0.870 bits per heavy atom. The first kappa shape index (κ1) is 32.5. The van der Waals surface area contributed by atoms with E-state index in [1.165, 1.54) is 5.36 Å². The number of hydrogen-bond donors (Lipinski definition) is 1. The molecule has 240 valence electrons. The van der Waals surface area contributed by atoms with Gasteiger partial charge in [-0.3, -0.25) is 4.55 Å². The maximum atomic E-state index is 14.2. The van der Waals surface area contributed by atoms with Gasteiger partial charge in [0.2, 0.25) is 5.36 Å². The first-order valence-corrected chi connectivity index (χ1v) is 19.2. The van der Waals surface area contributed by atoms with E-state index >= 15 is 0 Å². The van der Waals surface area contributed by atoms with Crippen molar-refractivity contribution < 1.29 is 22.1 Å². The average molecular weight is 901 g/mol. The number of aryl methyl sites for hydroxylation is 2. The van der Waals surface area contributed by atoms with Crippen molar-refractivity contribution in [1.82, 2.24) is 4.58 Å². The van der Waals surface area contributed by atoms with E-state index in [0.717, 1.165) is 80.5 Å². The highest BCUT2D eigenvalue weighted by Crippen LogP contribution is 2.50. The number of rotatable bonds is 2. The number of halogens is 4. The molecule has 0 aliphatic carbocycles. The highest BCUT2D eigenvalue weighted by molar-refractivity contribution is 9.15. The van der Waals surface area contributed by atoms with Gasteiger partial charge in [0.05, 0.1) is 15.4 Å². The highest BCUT2D eigenvalue weighted by Gasteiger charge is 2.38. The fourth-order valence-corrected chi connectivity index (χ4v) is 11.4. The van der Waals surface area contributed by atoms with Gasteiger partial charge in [0, 0.05) is 73.5 Å². The Morgan fingerprint density at radius 2 is 1.57 bits per heavy atom. The predicted octanol–water partition coefficient (Wildman–Crippen LogP) is 6.84. The van der Waals surface area contributed by atoms with Crippen molar-refractivity contribution in [2.45, 2.75) is 50.8 Å². The molecule has 8 nitrogen and oxygen atoms in total. The van der Waals surface area contributed by atoms with E-state index in [4.69, 9.17) is 9.15 Å². The molecule has 0 bridgehead atoms. The van der Waals surface area contributed by atoms with E-state index in [1.54, 1.807) is 0 Å². The number of hydrogen-bond acceptors (Lipinski definition) is 6. The molecule has 0 saturated carbocycles. The standard InChI is InChI=1S/C32H24Br4N2O6S.CH4/c1-37-8-2-5-14-11-17-20(13-19(14)37)43-32(39)23-21(22-24(33)25(34)26(35)27(36)31(22)45(40,41)42)18-12-15-6-3-9-38-10-4-7-16(28(15)38)29(18)44-30(17)23;/h11-13H,2-10H2,1H3;1H4/p+1. The SMILES string of the molecule is C.CN1CCCc2cc3c4c(c(=O)oc3cc21)C(c1c(Br)c(Br)c(Br)c(Br)c1S(=O)(=O)O)=c1cc2c3c(c1O4)CCC[N+]=3CCC2. The van der Waals surface area contributed by atoms with Gasteiger partial charge in [-0.2, -0.15) is 8.42 Å². The lowest BCUT2D eigenvalue weighted by Gasteiger charge is -2.29. The van der Waals surface area contributed by atoms with Crippen LogP contribution in [0, 0.1) is 0 Å². The van der Waals surface area contributed by atoms with Crippen molar-refractivity contribution in [3.05, 3.63) is 84.9 Å². The van der Waals surface area contributed by atoms with Gasteiger partial charge in [-0.25, -0.2) is 9.37 Å². The first-order chi connectivity index (χ1) is 21.5. The minimum Gasteiger partial charge on any atom is -0.454 e. The smallest absolute Gasteiger partial charge is 0.348 e. The minimum atomic E-state index is -4.82. The van der Waals surface area contributed by atoms with Crippen LogP contribution in [0.25, 0.3) is 16.5 Å². The van der Waals surface area contributed by atoms with Gasteiger partial charge in [0.1, 0.15) is 34.9 Å². The lowest BCUT2D eigenvalue weighted by molar-refractivity contribution is 0.434. The largest absolute Gasteiger partial charge is 0.454 e. The van der Waals surface area contributed by atoms with E-state index in [1.807, 2.05) is 25.2 Å². The van der Waals surface area contributed by atoms with Crippen LogP contribution >= 0.6 is 63.7 Å². The molecule has 0 saturated heterocycles. The fraction of sp³-hybridized carbons (Fsp3) is 0.333. The molecular formula is C33H29Br4N2O6S+. The third kappa shape index (κ3) is 4.74. The Balaban J connectivity index is 0.00000338. The summed E-state index contributed by atoms with van der Waals surface area (Å²) in [5, 5.41) is 2.41. The van der Waals surface area contributed by atoms with Gasteiger partial charge in [0.15, 0.2) is 5.75 Å². The number of fused-ring (bicyclic) bond motifs is 6. The van der Waals surface area contributed by atoms with E-state index in [-0.39, 0.29) is 27.9 Å². The molecule has 5 heterocycles. The number of nitrogens with zero attached hydrogens (tertiary/aromatic N) is 2. The quantitative estimate of drug-likeness (QED) is 0.0682. The molecule has 0 atom stereocenters. The molecule has 0 amide bonds. The first-order valence-electron chi connectivity index (χ1n) is 14.6. The van der Waals surface area contributed by atoms with Crippen molar-refractivity contribution in [3.63, 3.8) is 0 Å². The van der Waals surface area contributed by atoms with E-state index < -0.39 is 15.7 Å². The van der Waals surface area contributed by atoms with E-state index in [2.05, 4.69) is 73.2 Å². The molecule has 0 unspecified atom stereocenters. The van der Waals surface area contributed by atoms with Crippen LogP contribution in [0.5, 0.6) is 11.5 Å². The van der Waals surface area contributed by atoms with Crippen LogP contribution in [-0.4, -0.2) is 39.7 Å². The molecule has 4 aliphatic rings. The average Bonchev–Trinajstić information content (AvgIpc) is 3.00. The van der Waals surface area contributed by atoms with Crippen LogP contribution in [0.3, 0.4) is 0 Å². The molecular weight excluding hydrogens is 872 g/mol. The Kier molecular flexibility index (Phi) is 8.16. The van der Waals surface area contributed by atoms with Gasteiger partial charge < -0.3 is 14.1 Å². The normalized spacial score (nSPS) is 16.7. The summed E-state index contributed by atoms with van der Waals surface area (Å²) < 4.78 is 53.7. The molecule has 4 aromatic rings. The number of ether oxygens (including phenoxy) is 1.